The van der Waals surface area contributed by atoms with Gasteiger partial charge >= 0.3 is 6.09 Å². The highest BCUT2D eigenvalue weighted by atomic mass is 16.6. The fraction of sp³-hybridized carbons (Fsp3) is 0.522. The standard InChI is InChI=1S/C23H33N5O2/c1-17(2)27-10-12-28(13-11-27)21-16-24-20(15-25-21)19-8-6-18(7-9-19)14-26-22(29)30-23(3,4)5/h6-9,15-17H,10-14H2,1-5H3,(H,26,29). The molecule has 1 N–H and O–H groups in total. The Hall–Kier alpha value is -2.67. The third-order valence-corrected chi connectivity index (χ3v) is 5.09. The van der Waals surface area contributed by atoms with Crippen LogP contribution in [0.5, 0.6) is 0 Å². The van der Waals surface area contributed by atoms with Crippen molar-refractivity contribution in [3.63, 3.8) is 0 Å². The lowest BCUT2D eigenvalue weighted by Gasteiger charge is -2.37. The highest BCUT2D eigenvalue weighted by Crippen LogP contribution is 2.20. The number of hydrogen-bond donors (Lipinski definition) is 1. The van der Waals surface area contributed by atoms with Gasteiger partial charge in [0.1, 0.15) is 11.4 Å². The van der Waals surface area contributed by atoms with E-state index in [4.69, 9.17) is 4.74 Å². The van der Waals surface area contributed by atoms with E-state index in [1.165, 1.54) is 0 Å². The molecule has 3 rings (SSSR count). The van der Waals surface area contributed by atoms with Crippen LogP contribution in [-0.4, -0.2) is 58.8 Å². The Labute approximate surface area is 179 Å². The van der Waals surface area contributed by atoms with Gasteiger partial charge in [-0.25, -0.2) is 9.78 Å². The molecular weight excluding hydrogens is 378 g/mol. The Balaban J connectivity index is 1.55. The predicted octanol–water partition coefficient (Wildman–Crippen LogP) is 3.70. The summed E-state index contributed by atoms with van der Waals surface area (Å²) in [7, 11) is 0. The maximum absolute atomic E-state index is 11.8. The van der Waals surface area contributed by atoms with Gasteiger partial charge in [0.15, 0.2) is 0 Å². The van der Waals surface area contributed by atoms with Gasteiger partial charge in [-0.15, -0.1) is 0 Å². The van der Waals surface area contributed by atoms with Crippen LogP contribution in [0.3, 0.4) is 0 Å². The van der Waals surface area contributed by atoms with Crippen molar-refractivity contribution in [3.05, 3.63) is 42.2 Å². The molecule has 1 aliphatic rings. The van der Waals surface area contributed by atoms with Gasteiger partial charge in [0, 0.05) is 44.3 Å². The molecule has 2 aromatic rings. The minimum atomic E-state index is -0.499. The molecule has 162 valence electrons. The predicted molar refractivity (Wildman–Crippen MR) is 119 cm³/mol. The van der Waals surface area contributed by atoms with Crippen LogP contribution in [0.2, 0.25) is 0 Å². The van der Waals surface area contributed by atoms with Gasteiger partial charge in [-0.05, 0) is 40.2 Å². The van der Waals surface area contributed by atoms with Gasteiger partial charge in [0.2, 0.25) is 0 Å². The van der Waals surface area contributed by atoms with Crippen LogP contribution in [0, 0.1) is 0 Å². The van der Waals surface area contributed by atoms with Crippen molar-refractivity contribution in [3.8, 4) is 11.3 Å². The van der Waals surface area contributed by atoms with E-state index < -0.39 is 11.7 Å². The number of carbonyl (C=O) groups excluding carboxylic acids is 1. The van der Waals surface area contributed by atoms with Gasteiger partial charge < -0.3 is 15.0 Å². The molecule has 0 saturated carbocycles. The number of amides is 1. The molecule has 0 radical (unpaired) electrons. The first kappa shape index (κ1) is 22.0. The number of hydrogen-bond acceptors (Lipinski definition) is 6. The molecule has 1 aliphatic heterocycles. The van der Waals surface area contributed by atoms with Crippen LogP contribution in [0.4, 0.5) is 10.6 Å². The van der Waals surface area contributed by atoms with Crippen LogP contribution in [0.25, 0.3) is 11.3 Å². The highest BCUT2D eigenvalue weighted by Gasteiger charge is 2.20. The number of carbonyl (C=O) groups is 1. The van der Waals surface area contributed by atoms with Crippen LogP contribution in [-0.2, 0) is 11.3 Å². The quantitative estimate of drug-likeness (QED) is 0.809. The lowest BCUT2D eigenvalue weighted by molar-refractivity contribution is 0.0523. The van der Waals surface area contributed by atoms with E-state index in [1.807, 2.05) is 57.4 Å². The topological polar surface area (TPSA) is 70.6 Å². The van der Waals surface area contributed by atoms with Crippen molar-refractivity contribution in [1.29, 1.82) is 0 Å². The SMILES string of the molecule is CC(C)N1CCN(c2cnc(-c3ccc(CNC(=O)OC(C)(C)C)cc3)cn2)CC1. The van der Waals surface area contributed by atoms with Crippen molar-refractivity contribution in [2.24, 2.45) is 0 Å². The summed E-state index contributed by atoms with van der Waals surface area (Å²) >= 11 is 0. The van der Waals surface area contributed by atoms with Gasteiger partial charge in [0.05, 0.1) is 18.1 Å². The number of piperazine rings is 1. The number of rotatable bonds is 5. The first-order valence-corrected chi connectivity index (χ1v) is 10.6. The Morgan fingerprint density at radius 2 is 1.73 bits per heavy atom. The Bertz CT molecular complexity index is 820. The zero-order chi connectivity index (χ0) is 21.7. The Morgan fingerprint density at radius 1 is 1.07 bits per heavy atom. The van der Waals surface area contributed by atoms with E-state index >= 15 is 0 Å². The Morgan fingerprint density at radius 3 is 2.27 bits per heavy atom. The molecule has 1 aromatic carbocycles. The van der Waals surface area contributed by atoms with Crippen molar-refractivity contribution in [2.45, 2.75) is 52.8 Å². The largest absolute Gasteiger partial charge is 0.444 e. The van der Waals surface area contributed by atoms with Crippen LogP contribution < -0.4 is 10.2 Å². The van der Waals surface area contributed by atoms with Gasteiger partial charge in [-0.3, -0.25) is 9.88 Å². The normalized spacial score (nSPS) is 15.3. The molecule has 0 aliphatic carbocycles. The molecule has 1 amide bonds. The first-order chi connectivity index (χ1) is 14.2. The van der Waals surface area contributed by atoms with E-state index in [9.17, 15) is 4.79 Å². The van der Waals surface area contributed by atoms with Crippen molar-refractivity contribution in [1.82, 2.24) is 20.2 Å². The molecule has 7 heteroatoms. The van der Waals surface area contributed by atoms with E-state index in [-0.39, 0.29) is 0 Å². The zero-order valence-corrected chi connectivity index (χ0v) is 18.7. The van der Waals surface area contributed by atoms with Crippen LogP contribution in [0.15, 0.2) is 36.7 Å². The summed E-state index contributed by atoms with van der Waals surface area (Å²) in [6.45, 7) is 14.5. The third-order valence-electron chi connectivity index (χ3n) is 5.09. The van der Waals surface area contributed by atoms with Gasteiger partial charge in [0.25, 0.3) is 0 Å². The Kier molecular flexibility index (Phi) is 6.92. The molecule has 0 unspecified atom stereocenters. The smallest absolute Gasteiger partial charge is 0.407 e. The summed E-state index contributed by atoms with van der Waals surface area (Å²) in [6, 6.07) is 8.54. The molecule has 0 spiro atoms. The minimum Gasteiger partial charge on any atom is -0.444 e. The molecule has 1 aromatic heterocycles. The number of alkyl carbamates (subject to hydrolysis) is 1. The fourth-order valence-corrected chi connectivity index (χ4v) is 3.38. The number of nitrogens with zero attached hydrogens (tertiary/aromatic N) is 4. The first-order valence-electron chi connectivity index (χ1n) is 10.6. The number of nitrogens with one attached hydrogen (secondary N) is 1. The average Bonchev–Trinajstić information content (AvgIpc) is 2.72. The summed E-state index contributed by atoms with van der Waals surface area (Å²) in [4.78, 5) is 25.8. The molecule has 2 heterocycles. The van der Waals surface area contributed by atoms with E-state index in [2.05, 4.69) is 38.9 Å². The van der Waals surface area contributed by atoms with Gasteiger partial charge in [-0.1, -0.05) is 24.3 Å². The summed E-state index contributed by atoms with van der Waals surface area (Å²) < 4.78 is 5.26. The molecular formula is C23H33N5O2. The zero-order valence-electron chi connectivity index (χ0n) is 18.7. The number of anilines is 1. The minimum absolute atomic E-state index is 0.415. The number of benzene rings is 1. The highest BCUT2D eigenvalue weighted by molar-refractivity contribution is 5.67. The molecule has 0 bridgehead atoms. The van der Waals surface area contributed by atoms with E-state index in [0.29, 0.717) is 12.6 Å². The molecule has 30 heavy (non-hydrogen) atoms. The number of aromatic nitrogens is 2. The molecule has 7 nitrogen and oxygen atoms in total. The van der Waals surface area contributed by atoms with Crippen molar-refractivity contribution in [2.75, 3.05) is 31.1 Å². The van der Waals surface area contributed by atoms with Crippen LogP contribution in [0.1, 0.15) is 40.2 Å². The summed E-state index contributed by atoms with van der Waals surface area (Å²) in [5.41, 5.74) is 2.34. The fourth-order valence-electron chi connectivity index (χ4n) is 3.38. The average molecular weight is 412 g/mol. The number of ether oxygens (including phenoxy) is 1. The monoisotopic (exact) mass is 411 g/mol. The molecule has 1 saturated heterocycles. The third kappa shape index (κ3) is 6.16. The summed E-state index contributed by atoms with van der Waals surface area (Å²) in [6.07, 6.45) is 3.28. The van der Waals surface area contributed by atoms with Crippen molar-refractivity contribution >= 4 is 11.9 Å². The second-order valence-corrected chi connectivity index (χ2v) is 8.93. The summed E-state index contributed by atoms with van der Waals surface area (Å²) in [5, 5.41) is 2.77. The maximum atomic E-state index is 11.8. The molecule has 1 fully saturated rings. The van der Waals surface area contributed by atoms with E-state index in [0.717, 1.165) is 48.8 Å². The second kappa shape index (κ2) is 9.43. The van der Waals surface area contributed by atoms with Crippen molar-refractivity contribution < 1.29 is 9.53 Å². The van der Waals surface area contributed by atoms with Gasteiger partial charge in [-0.2, -0.15) is 0 Å². The second-order valence-electron chi connectivity index (χ2n) is 8.93. The molecule has 0 atom stereocenters. The summed E-state index contributed by atoms with van der Waals surface area (Å²) in [5.74, 6) is 0.931. The van der Waals surface area contributed by atoms with Crippen LogP contribution >= 0.6 is 0 Å². The van der Waals surface area contributed by atoms with E-state index in [1.54, 1.807) is 0 Å². The lowest BCUT2D eigenvalue weighted by atomic mass is 10.1. The maximum Gasteiger partial charge on any atom is 0.407 e. The lowest BCUT2D eigenvalue weighted by Crippen LogP contribution is -2.49.